The lowest BCUT2D eigenvalue weighted by Crippen LogP contribution is -2.30. The van der Waals surface area contributed by atoms with E-state index < -0.39 is 5.79 Å². The number of nitrogens with one attached hydrogen (secondary N) is 1. The standard InChI is InChI=1S/C20H23ClFNO2/c21-13-19-15-24-20(25-19,17-7-9-18(22)10-8-17)11-4-12-23-14-16-5-2-1-3-6-16/h1-3,5-10,19,23H,4,11-15H2. The van der Waals surface area contributed by atoms with Gasteiger partial charge in [-0.2, -0.15) is 0 Å². The maximum atomic E-state index is 13.2. The molecule has 134 valence electrons. The third-order valence-corrected chi connectivity index (χ3v) is 4.69. The summed E-state index contributed by atoms with van der Waals surface area (Å²) in [4.78, 5) is 0. The zero-order chi connectivity index (χ0) is 17.5. The van der Waals surface area contributed by atoms with Crippen LogP contribution in [-0.4, -0.2) is 25.1 Å². The molecule has 0 amide bonds. The molecule has 3 rings (SSSR count). The molecule has 2 aromatic carbocycles. The van der Waals surface area contributed by atoms with Crippen LogP contribution in [0.3, 0.4) is 0 Å². The summed E-state index contributed by atoms with van der Waals surface area (Å²) in [6.07, 6.45) is 1.43. The zero-order valence-corrected chi connectivity index (χ0v) is 14.8. The van der Waals surface area contributed by atoms with Gasteiger partial charge in [0, 0.05) is 18.5 Å². The average Bonchev–Trinajstić information content (AvgIpc) is 3.07. The highest BCUT2D eigenvalue weighted by molar-refractivity contribution is 6.18. The molecule has 2 unspecified atom stereocenters. The van der Waals surface area contributed by atoms with Gasteiger partial charge < -0.3 is 14.8 Å². The third-order valence-electron chi connectivity index (χ3n) is 4.35. The van der Waals surface area contributed by atoms with Crippen molar-refractivity contribution in [2.45, 2.75) is 31.3 Å². The van der Waals surface area contributed by atoms with Crippen LogP contribution in [0.15, 0.2) is 54.6 Å². The monoisotopic (exact) mass is 363 g/mol. The largest absolute Gasteiger partial charge is 0.343 e. The SMILES string of the molecule is Fc1ccc(C2(CCCNCc3ccccc3)OCC(CCl)O2)cc1. The average molecular weight is 364 g/mol. The Bertz CT molecular complexity index is 653. The first kappa shape index (κ1) is 18.3. The van der Waals surface area contributed by atoms with Gasteiger partial charge in [0.15, 0.2) is 5.79 Å². The molecule has 2 aromatic rings. The molecule has 1 aliphatic rings. The fourth-order valence-electron chi connectivity index (χ4n) is 3.05. The van der Waals surface area contributed by atoms with Gasteiger partial charge in [0.2, 0.25) is 0 Å². The van der Waals surface area contributed by atoms with Crippen molar-refractivity contribution in [1.82, 2.24) is 5.32 Å². The molecule has 25 heavy (non-hydrogen) atoms. The van der Waals surface area contributed by atoms with Gasteiger partial charge in [0.25, 0.3) is 0 Å². The normalized spacial score (nSPS) is 23.0. The molecule has 1 aliphatic heterocycles. The Kier molecular flexibility index (Phi) is 6.43. The number of benzene rings is 2. The topological polar surface area (TPSA) is 30.5 Å². The van der Waals surface area contributed by atoms with E-state index >= 15 is 0 Å². The van der Waals surface area contributed by atoms with Gasteiger partial charge in [-0.3, -0.25) is 0 Å². The van der Waals surface area contributed by atoms with Gasteiger partial charge in [0.1, 0.15) is 5.82 Å². The van der Waals surface area contributed by atoms with Crippen LogP contribution in [0.25, 0.3) is 0 Å². The Morgan fingerprint density at radius 1 is 1.12 bits per heavy atom. The molecular formula is C20H23ClFNO2. The van der Waals surface area contributed by atoms with E-state index in [4.69, 9.17) is 21.1 Å². The van der Waals surface area contributed by atoms with E-state index in [0.29, 0.717) is 18.9 Å². The molecular weight excluding hydrogens is 341 g/mol. The van der Waals surface area contributed by atoms with Gasteiger partial charge in [-0.15, -0.1) is 11.6 Å². The van der Waals surface area contributed by atoms with Crippen LogP contribution in [-0.2, 0) is 21.8 Å². The minimum atomic E-state index is -0.832. The second kappa shape index (κ2) is 8.77. The van der Waals surface area contributed by atoms with Crippen molar-refractivity contribution >= 4 is 11.6 Å². The highest BCUT2D eigenvalue weighted by Gasteiger charge is 2.42. The van der Waals surface area contributed by atoms with Gasteiger partial charge in [-0.1, -0.05) is 42.5 Å². The zero-order valence-electron chi connectivity index (χ0n) is 14.1. The van der Waals surface area contributed by atoms with Crippen LogP contribution < -0.4 is 5.32 Å². The molecule has 5 heteroatoms. The molecule has 1 N–H and O–H groups in total. The lowest BCUT2D eigenvalue weighted by Gasteiger charge is -2.28. The summed E-state index contributed by atoms with van der Waals surface area (Å²) in [7, 11) is 0. The van der Waals surface area contributed by atoms with Crippen LogP contribution in [0.5, 0.6) is 0 Å². The van der Waals surface area contributed by atoms with Crippen molar-refractivity contribution < 1.29 is 13.9 Å². The van der Waals surface area contributed by atoms with Crippen molar-refractivity contribution in [2.24, 2.45) is 0 Å². The van der Waals surface area contributed by atoms with Crippen LogP contribution in [0.4, 0.5) is 4.39 Å². The molecule has 0 aliphatic carbocycles. The molecule has 0 bridgehead atoms. The van der Waals surface area contributed by atoms with Crippen molar-refractivity contribution in [3.8, 4) is 0 Å². The number of rotatable bonds is 8. The van der Waals surface area contributed by atoms with E-state index in [9.17, 15) is 4.39 Å². The summed E-state index contributed by atoms with van der Waals surface area (Å²) in [6.45, 7) is 2.13. The lowest BCUT2D eigenvalue weighted by atomic mass is 10.0. The Hall–Kier alpha value is -1.46. The lowest BCUT2D eigenvalue weighted by molar-refractivity contribution is -0.180. The van der Waals surface area contributed by atoms with Gasteiger partial charge in [-0.05, 0) is 30.7 Å². The van der Waals surface area contributed by atoms with E-state index in [1.807, 2.05) is 18.2 Å². The van der Waals surface area contributed by atoms with E-state index in [1.165, 1.54) is 17.7 Å². The highest BCUT2D eigenvalue weighted by Crippen LogP contribution is 2.38. The molecule has 1 heterocycles. The van der Waals surface area contributed by atoms with Crippen molar-refractivity contribution in [3.63, 3.8) is 0 Å². The van der Waals surface area contributed by atoms with Crippen molar-refractivity contribution in [3.05, 3.63) is 71.5 Å². The summed E-state index contributed by atoms with van der Waals surface area (Å²) < 4.78 is 25.3. The molecule has 1 saturated heterocycles. The maximum absolute atomic E-state index is 13.2. The Morgan fingerprint density at radius 3 is 2.56 bits per heavy atom. The van der Waals surface area contributed by atoms with E-state index in [2.05, 4.69) is 17.4 Å². The van der Waals surface area contributed by atoms with Crippen LogP contribution in [0, 0.1) is 5.82 Å². The summed E-state index contributed by atoms with van der Waals surface area (Å²) in [5.74, 6) is -0.716. The fraction of sp³-hybridized carbons (Fsp3) is 0.400. The summed E-state index contributed by atoms with van der Waals surface area (Å²) in [5.41, 5.74) is 2.09. The highest BCUT2D eigenvalue weighted by atomic mass is 35.5. The van der Waals surface area contributed by atoms with Gasteiger partial charge in [-0.25, -0.2) is 4.39 Å². The first-order valence-corrected chi connectivity index (χ1v) is 9.14. The Balaban J connectivity index is 1.56. The second-order valence-electron chi connectivity index (χ2n) is 6.23. The van der Waals surface area contributed by atoms with Crippen LogP contribution in [0.2, 0.25) is 0 Å². The quantitative estimate of drug-likeness (QED) is 0.563. The number of halogens is 2. The minimum absolute atomic E-state index is 0.135. The minimum Gasteiger partial charge on any atom is -0.343 e. The van der Waals surface area contributed by atoms with E-state index in [-0.39, 0.29) is 11.9 Å². The summed E-state index contributed by atoms with van der Waals surface area (Å²) in [6, 6.07) is 16.6. The molecule has 2 atom stereocenters. The number of ether oxygens (including phenoxy) is 2. The molecule has 0 radical (unpaired) electrons. The fourth-order valence-corrected chi connectivity index (χ4v) is 3.20. The number of hydrogen-bond acceptors (Lipinski definition) is 3. The number of hydrogen-bond donors (Lipinski definition) is 1. The third kappa shape index (κ3) is 4.79. The molecule has 3 nitrogen and oxygen atoms in total. The summed E-state index contributed by atoms with van der Waals surface area (Å²) in [5, 5.41) is 3.43. The van der Waals surface area contributed by atoms with Crippen molar-refractivity contribution in [1.29, 1.82) is 0 Å². The second-order valence-corrected chi connectivity index (χ2v) is 6.54. The first-order valence-electron chi connectivity index (χ1n) is 8.60. The van der Waals surface area contributed by atoms with E-state index in [1.54, 1.807) is 12.1 Å². The molecule has 0 spiro atoms. The van der Waals surface area contributed by atoms with Crippen LogP contribution >= 0.6 is 11.6 Å². The predicted octanol–water partition coefficient (Wildman–Crippen LogP) is 4.20. The molecule has 0 saturated carbocycles. The van der Waals surface area contributed by atoms with Gasteiger partial charge >= 0.3 is 0 Å². The Labute approximate surface area is 153 Å². The number of alkyl halides is 1. The van der Waals surface area contributed by atoms with E-state index in [0.717, 1.165) is 25.1 Å². The first-order chi connectivity index (χ1) is 12.2. The summed E-state index contributed by atoms with van der Waals surface area (Å²) >= 11 is 5.92. The molecule has 1 fully saturated rings. The predicted molar refractivity (Wildman–Crippen MR) is 97.0 cm³/mol. The van der Waals surface area contributed by atoms with Crippen LogP contribution in [0.1, 0.15) is 24.0 Å². The van der Waals surface area contributed by atoms with Gasteiger partial charge in [0.05, 0.1) is 18.6 Å². The van der Waals surface area contributed by atoms with Crippen molar-refractivity contribution in [2.75, 3.05) is 19.0 Å². The molecule has 0 aromatic heterocycles. The Morgan fingerprint density at radius 2 is 1.88 bits per heavy atom. The maximum Gasteiger partial charge on any atom is 0.195 e. The smallest absolute Gasteiger partial charge is 0.195 e.